The van der Waals surface area contributed by atoms with Crippen LogP contribution in [0.25, 0.3) is 6.08 Å². The van der Waals surface area contributed by atoms with Crippen molar-refractivity contribution in [2.45, 2.75) is 32.6 Å². The first-order valence-corrected chi connectivity index (χ1v) is 7.88. The molecular formula is C20H18F3N. The second kappa shape index (κ2) is 8.35. The highest BCUT2D eigenvalue weighted by atomic mass is 19.1. The van der Waals surface area contributed by atoms with Gasteiger partial charge in [-0.15, -0.1) is 0 Å². The van der Waals surface area contributed by atoms with E-state index in [0.717, 1.165) is 30.5 Å². The maximum atomic E-state index is 14.1. The van der Waals surface area contributed by atoms with Crippen LogP contribution in [0.3, 0.4) is 0 Å². The summed E-state index contributed by atoms with van der Waals surface area (Å²) in [6, 6.07) is 8.71. The summed E-state index contributed by atoms with van der Waals surface area (Å²) in [5, 5.41) is 8.65. The molecule has 2 rings (SSSR count). The van der Waals surface area contributed by atoms with Crippen molar-refractivity contribution in [2.75, 3.05) is 0 Å². The van der Waals surface area contributed by atoms with Gasteiger partial charge in [-0.05, 0) is 54.2 Å². The third kappa shape index (κ3) is 4.48. The van der Waals surface area contributed by atoms with Gasteiger partial charge in [-0.2, -0.15) is 5.26 Å². The van der Waals surface area contributed by atoms with Gasteiger partial charge in [-0.25, -0.2) is 13.2 Å². The molecule has 2 aromatic rings. The number of nitriles is 1. The van der Waals surface area contributed by atoms with Crippen molar-refractivity contribution in [1.29, 1.82) is 5.26 Å². The summed E-state index contributed by atoms with van der Waals surface area (Å²) >= 11 is 0. The Kier molecular flexibility index (Phi) is 6.20. The average molecular weight is 329 g/mol. The van der Waals surface area contributed by atoms with Crippen LogP contribution in [0.15, 0.2) is 36.4 Å². The fourth-order valence-corrected chi connectivity index (χ4v) is 2.41. The van der Waals surface area contributed by atoms with Gasteiger partial charge in [-0.3, -0.25) is 0 Å². The molecule has 0 bridgehead atoms. The zero-order valence-electron chi connectivity index (χ0n) is 13.5. The largest absolute Gasteiger partial charge is 0.207 e. The standard InChI is InChI=1S/C20H18F3N/c1-2-3-4-5-14-6-8-16(18(21)10-14)9-7-15-11-19(22)17(13-24)20(23)12-15/h4-6,8,10-12H,2-3,7,9H2,1H3. The summed E-state index contributed by atoms with van der Waals surface area (Å²) < 4.78 is 41.3. The van der Waals surface area contributed by atoms with Gasteiger partial charge < -0.3 is 0 Å². The Morgan fingerprint density at radius 3 is 2.29 bits per heavy atom. The summed E-state index contributed by atoms with van der Waals surface area (Å²) in [6.07, 6.45) is 6.48. The first kappa shape index (κ1) is 17.8. The Labute approximate surface area is 140 Å². The van der Waals surface area contributed by atoms with Crippen molar-refractivity contribution in [1.82, 2.24) is 0 Å². The number of hydrogen-bond acceptors (Lipinski definition) is 1. The fourth-order valence-electron chi connectivity index (χ4n) is 2.41. The zero-order valence-corrected chi connectivity index (χ0v) is 13.5. The summed E-state index contributed by atoms with van der Waals surface area (Å²) in [5.41, 5.74) is 1.09. The van der Waals surface area contributed by atoms with Crippen molar-refractivity contribution in [2.24, 2.45) is 0 Å². The Morgan fingerprint density at radius 1 is 1.00 bits per heavy atom. The molecule has 0 radical (unpaired) electrons. The van der Waals surface area contributed by atoms with Gasteiger partial charge in [0.25, 0.3) is 0 Å². The number of halogens is 3. The van der Waals surface area contributed by atoms with Crippen molar-refractivity contribution in [3.05, 3.63) is 76.1 Å². The number of benzene rings is 2. The Balaban J connectivity index is 2.08. The molecular weight excluding hydrogens is 311 g/mol. The van der Waals surface area contributed by atoms with Crippen LogP contribution in [0.2, 0.25) is 0 Å². The number of nitrogens with zero attached hydrogens (tertiary/aromatic N) is 1. The molecule has 0 spiro atoms. The minimum Gasteiger partial charge on any atom is -0.207 e. The number of allylic oxidation sites excluding steroid dienone is 1. The van der Waals surface area contributed by atoms with Crippen LogP contribution in [-0.4, -0.2) is 0 Å². The van der Waals surface area contributed by atoms with Crippen molar-refractivity contribution >= 4 is 6.08 Å². The van der Waals surface area contributed by atoms with E-state index < -0.39 is 17.2 Å². The smallest absolute Gasteiger partial charge is 0.144 e. The van der Waals surface area contributed by atoms with Crippen LogP contribution < -0.4 is 0 Å². The van der Waals surface area contributed by atoms with E-state index in [1.165, 1.54) is 12.1 Å². The predicted molar refractivity (Wildman–Crippen MR) is 88.8 cm³/mol. The van der Waals surface area contributed by atoms with Gasteiger partial charge in [-0.1, -0.05) is 37.6 Å². The molecule has 1 nitrogen and oxygen atoms in total. The first-order valence-electron chi connectivity index (χ1n) is 7.88. The van der Waals surface area contributed by atoms with Crippen LogP contribution in [0.5, 0.6) is 0 Å². The lowest BCUT2D eigenvalue weighted by Crippen LogP contribution is -1.99. The molecule has 0 aliphatic rings. The lowest BCUT2D eigenvalue weighted by molar-refractivity contribution is 0.572. The molecule has 0 fully saturated rings. The van der Waals surface area contributed by atoms with E-state index in [2.05, 4.69) is 6.92 Å². The molecule has 0 aliphatic carbocycles. The van der Waals surface area contributed by atoms with Gasteiger partial charge >= 0.3 is 0 Å². The van der Waals surface area contributed by atoms with Gasteiger partial charge in [0.15, 0.2) is 0 Å². The van der Waals surface area contributed by atoms with Crippen molar-refractivity contribution in [3.8, 4) is 6.07 Å². The molecule has 4 heteroatoms. The summed E-state index contributed by atoms with van der Waals surface area (Å²) in [6.45, 7) is 2.07. The van der Waals surface area contributed by atoms with Gasteiger partial charge in [0.05, 0.1) is 0 Å². The van der Waals surface area contributed by atoms with E-state index >= 15 is 0 Å². The van der Waals surface area contributed by atoms with Crippen LogP contribution >= 0.6 is 0 Å². The molecule has 2 aromatic carbocycles. The van der Waals surface area contributed by atoms with Crippen molar-refractivity contribution in [3.63, 3.8) is 0 Å². The third-order valence-corrected chi connectivity index (χ3v) is 3.74. The van der Waals surface area contributed by atoms with Crippen molar-refractivity contribution < 1.29 is 13.2 Å². The molecule has 0 N–H and O–H groups in total. The molecule has 0 unspecified atom stereocenters. The number of rotatable bonds is 6. The lowest BCUT2D eigenvalue weighted by atomic mass is 10.0. The quantitative estimate of drug-likeness (QED) is 0.679. The average Bonchev–Trinajstić information content (AvgIpc) is 2.54. The summed E-state index contributed by atoms with van der Waals surface area (Å²) in [5.74, 6) is -2.10. The highest BCUT2D eigenvalue weighted by Gasteiger charge is 2.11. The zero-order chi connectivity index (χ0) is 17.5. The first-order chi connectivity index (χ1) is 11.5. The summed E-state index contributed by atoms with van der Waals surface area (Å²) in [7, 11) is 0. The normalized spacial score (nSPS) is 11.0. The fraction of sp³-hybridized carbons (Fsp3) is 0.250. The van der Waals surface area contributed by atoms with Crippen LogP contribution in [-0.2, 0) is 12.8 Å². The van der Waals surface area contributed by atoms with E-state index in [0.29, 0.717) is 24.0 Å². The van der Waals surface area contributed by atoms with E-state index in [1.807, 2.05) is 18.2 Å². The Hall–Kier alpha value is -2.54. The van der Waals surface area contributed by atoms with E-state index in [4.69, 9.17) is 5.26 Å². The van der Waals surface area contributed by atoms with Crippen LogP contribution in [0.4, 0.5) is 13.2 Å². The maximum Gasteiger partial charge on any atom is 0.144 e. The second-order valence-corrected chi connectivity index (χ2v) is 5.59. The molecule has 0 aliphatic heterocycles. The number of aryl methyl sites for hydroxylation is 2. The molecule has 24 heavy (non-hydrogen) atoms. The Bertz CT molecular complexity index is 765. The Morgan fingerprint density at radius 2 is 1.71 bits per heavy atom. The van der Waals surface area contributed by atoms with E-state index in [-0.39, 0.29) is 5.82 Å². The highest BCUT2D eigenvalue weighted by molar-refractivity contribution is 5.50. The monoisotopic (exact) mass is 329 g/mol. The minimum absolute atomic E-state index is 0.293. The minimum atomic E-state index is -0.885. The van der Waals surface area contributed by atoms with E-state index in [1.54, 1.807) is 6.07 Å². The lowest BCUT2D eigenvalue weighted by Gasteiger charge is -2.06. The molecule has 0 atom stereocenters. The second-order valence-electron chi connectivity index (χ2n) is 5.59. The van der Waals surface area contributed by atoms with Crippen LogP contribution in [0, 0.1) is 28.8 Å². The predicted octanol–water partition coefficient (Wildman–Crippen LogP) is 5.57. The number of hydrogen-bond donors (Lipinski definition) is 0. The van der Waals surface area contributed by atoms with Gasteiger partial charge in [0.2, 0.25) is 0 Å². The van der Waals surface area contributed by atoms with Gasteiger partial charge in [0.1, 0.15) is 29.1 Å². The molecule has 0 amide bonds. The molecule has 0 saturated carbocycles. The summed E-state index contributed by atoms with van der Waals surface area (Å²) in [4.78, 5) is 0. The third-order valence-electron chi connectivity index (χ3n) is 3.74. The number of unbranched alkanes of at least 4 members (excludes halogenated alkanes) is 1. The van der Waals surface area contributed by atoms with Crippen LogP contribution in [0.1, 0.15) is 42.0 Å². The maximum absolute atomic E-state index is 14.1. The van der Waals surface area contributed by atoms with E-state index in [9.17, 15) is 13.2 Å². The SMILES string of the molecule is CCCC=Cc1ccc(CCc2cc(F)c(C#N)c(F)c2)c(F)c1. The molecule has 0 saturated heterocycles. The molecule has 124 valence electrons. The van der Waals surface area contributed by atoms with Gasteiger partial charge in [0, 0.05) is 0 Å². The highest BCUT2D eigenvalue weighted by Crippen LogP contribution is 2.18. The molecule has 0 aromatic heterocycles. The topological polar surface area (TPSA) is 23.8 Å². The molecule has 0 heterocycles.